The summed E-state index contributed by atoms with van der Waals surface area (Å²) in [6.45, 7) is 4.71. The third-order valence-corrected chi connectivity index (χ3v) is 3.13. The molecule has 2 atom stereocenters. The summed E-state index contributed by atoms with van der Waals surface area (Å²) in [6.07, 6.45) is 2.62. The Hall–Kier alpha value is -0.630. The Morgan fingerprint density at radius 1 is 1.67 bits per heavy atom. The molecule has 0 aromatic carbocycles. The van der Waals surface area contributed by atoms with Gasteiger partial charge in [-0.2, -0.15) is 5.26 Å². The van der Waals surface area contributed by atoms with Crippen molar-refractivity contribution in [3.63, 3.8) is 0 Å². The van der Waals surface area contributed by atoms with Crippen LogP contribution in [0.1, 0.15) is 19.8 Å². The smallest absolute Gasteiger partial charge is 0.116 e. The topological polar surface area (TPSA) is 48.3 Å². The number of hydrogen-bond donors (Lipinski definition) is 1. The Bertz CT molecular complexity index is 238. The van der Waals surface area contributed by atoms with E-state index in [4.69, 9.17) is 10.00 Å². The molecule has 1 rings (SSSR count). The molecule has 0 aromatic rings. The molecule has 0 bridgehead atoms. The number of hydrogen-bond acceptors (Lipinski definition) is 4. The van der Waals surface area contributed by atoms with Gasteiger partial charge in [0.1, 0.15) is 5.54 Å². The molecule has 0 amide bonds. The Morgan fingerprint density at radius 3 is 2.93 bits per heavy atom. The maximum Gasteiger partial charge on any atom is 0.116 e. The van der Waals surface area contributed by atoms with Crippen LogP contribution in [0.3, 0.4) is 0 Å². The van der Waals surface area contributed by atoms with Crippen LogP contribution in [0.4, 0.5) is 0 Å². The summed E-state index contributed by atoms with van der Waals surface area (Å²) in [5.74, 6) is 0. The molecular weight excluding hydrogens is 190 g/mol. The van der Waals surface area contributed by atoms with Gasteiger partial charge in [-0.05, 0) is 33.4 Å². The van der Waals surface area contributed by atoms with E-state index in [-0.39, 0.29) is 0 Å². The highest BCUT2D eigenvalue weighted by Gasteiger charge is 2.28. The van der Waals surface area contributed by atoms with Gasteiger partial charge in [-0.3, -0.25) is 4.90 Å². The van der Waals surface area contributed by atoms with Gasteiger partial charge in [-0.15, -0.1) is 0 Å². The number of likely N-dealkylation sites (tertiary alicyclic amines) is 1. The lowest BCUT2D eigenvalue weighted by Crippen LogP contribution is -2.52. The van der Waals surface area contributed by atoms with E-state index < -0.39 is 5.54 Å². The molecule has 86 valence electrons. The molecule has 1 fully saturated rings. The summed E-state index contributed by atoms with van der Waals surface area (Å²) in [5.41, 5.74) is -0.449. The standard InChI is InChI=1S/C11H21N3O/c1-11(8-12,13-2)9-14-6-4-5-10(7-14)15-3/h10,13H,4-7,9H2,1-3H3. The van der Waals surface area contributed by atoms with Crippen molar-refractivity contribution in [3.8, 4) is 6.07 Å². The highest BCUT2D eigenvalue weighted by atomic mass is 16.5. The van der Waals surface area contributed by atoms with Crippen LogP contribution in [0.5, 0.6) is 0 Å². The monoisotopic (exact) mass is 211 g/mol. The SMILES string of the molecule is CNC(C)(C#N)CN1CCCC(OC)C1. The Labute approximate surface area is 92.2 Å². The summed E-state index contributed by atoms with van der Waals surface area (Å²) < 4.78 is 5.36. The maximum atomic E-state index is 9.07. The lowest BCUT2D eigenvalue weighted by molar-refractivity contribution is 0.0258. The summed E-state index contributed by atoms with van der Waals surface area (Å²) in [4.78, 5) is 2.30. The van der Waals surface area contributed by atoms with Crippen molar-refractivity contribution in [2.24, 2.45) is 0 Å². The highest BCUT2D eigenvalue weighted by Crippen LogP contribution is 2.15. The average Bonchev–Trinajstić information content (AvgIpc) is 2.29. The second kappa shape index (κ2) is 5.45. The van der Waals surface area contributed by atoms with Gasteiger partial charge in [0.15, 0.2) is 0 Å². The van der Waals surface area contributed by atoms with Crippen LogP contribution in [0.2, 0.25) is 0 Å². The van der Waals surface area contributed by atoms with Crippen LogP contribution in [-0.2, 0) is 4.74 Å². The molecule has 2 unspecified atom stereocenters. The van der Waals surface area contributed by atoms with Crippen LogP contribution in [0.25, 0.3) is 0 Å². The minimum atomic E-state index is -0.449. The molecule has 0 aromatic heterocycles. The fourth-order valence-electron chi connectivity index (χ4n) is 1.97. The van der Waals surface area contributed by atoms with E-state index in [0.29, 0.717) is 6.10 Å². The zero-order chi connectivity index (χ0) is 11.3. The number of nitrogens with one attached hydrogen (secondary N) is 1. The second-order valence-corrected chi connectivity index (χ2v) is 4.43. The summed E-state index contributed by atoms with van der Waals surface area (Å²) in [7, 11) is 3.59. The molecular formula is C11H21N3O. The first-order valence-electron chi connectivity index (χ1n) is 5.49. The second-order valence-electron chi connectivity index (χ2n) is 4.43. The van der Waals surface area contributed by atoms with Crippen molar-refractivity contribution < 1.29 is 4.74 Å². The van der Waals surface area contributed by atoms with E-state index >= 15 is 0 Å². The predicted molar refractivity (Wildman–Crippen MR) is 59.5 cm³/mol. The van der Waals surface area contributed by atoms with Gasteiger partial charge in [0, 0.05) is 20.2 Å². The maximum absolute atomic E-state index is 9.07. The largest absolute Gasteiger partial charge is 0.380 e. The van der Waals surface area contributed by atoms with E-state index in [9.17, 15) is 0 Å². The van der Waals surface area contributed by atoms with Crippen molar-refractivity contribution in [2.75, 3.05) is 33.8 Å². The fraction of sp³-hybridized carbons (Fsp3) is 0.909. The number of likely N-dealkylation sites (N-methyl/N-ethyl adjacent to an activating group) is 1. The van der Waals surface area contributed by atoms with Crippen molar-refractivity contribution in [2.45, 2.75) is 31.4 Å². The van der Waals surface area contributed by atoms with Gasteiger partial charge in [-0.25, -0.2) is 0 Å². The number of methoxy groups -OCH3 is 1. The van der Waals surface area contributed by atoms with Gasteiger partial charge >= 0.3 is 0 Å². The summed E-state index contributed by atoms with van der Waals surface area (Å²) in [6, 6.07) is 2.31. The minimum absolute atomic E-state index is 0.332. The first kappa shape index (κ1) is 12.4. The van der Waals surface area contributed by atoms with Gasteiger partial charge in [-0.1, -0.05) is 0 Å². The minimum Gasteiger partial charge on any atom is -0.380 e. The number of nitriles is 1. The van der Waals surface area contributed by atoms with E-state index in [0.717, 1.165) is 32.5 Å². The van der Waals surface area contributed by atoms with Crippen LogP contribution >= 0.6 is 0 Å². The van der Waals surface area contributed by atoms with Crippen LogP contribution in [0, 0.1) is 11.3 Å². The zero-order valence-corrected chi connectivity index (χ0v) is 9.92. The average molecular weight is 211 g/mol. The zero-order valence-electron chi connectivity index (χ0n) is 9.92. The predicted octanol–water partition coefficient (Wildman–Crippen LogP) is 0.599. The normalized spacial score (nSPS) is 26.9. The van der Waals surface area contributed by atoms with Crippen molar-refractivity contribution in [1.82, 2.24) is 10.2 Å². The molecule has 15 heavy (non-hydrogen) atoms. The van der Waals surface area contributed by atoms with E-state index in [2.05, 4.69) is 16.3 Å². The fourth-order valence-corrected chi connectivity index (χ4v) is 1.97. The molecule has 1 aliphatic rings. The molecule has 1 aliphatic heterocycles. The summed E-state index contributed by atoms with van der Waals surface area (Å²) >= 11 is 0. The highest BCUT2D eigenvalue weighted by molar-refractivity contribution is 5.05. The number of nitrogens with zero attached hydrogens (tertiary/aromatic N) is 2. The van der Waals surface area contributed by atoms with Crippen molar-refractivity contribution in [3.05, 3.63) is 0 Å². The molecule has 0 radical (unpaired) electrons. The number of piperidine rings is 1. The van der Waals surface area contributed by atoms with Crippen molar-refractivity contribution in [1.29, 1.82) is 5.26 Å². The molecule has 0 aliphatic carbocycles. The quantitative estimate of drug-likeness (QED) is 0.739. The van der Waals surface area contributed by atoms with Crippen molar-refractivity contribution >= 4 is 0 Å². The van der Waals surface area contributed by atoms with Crippen LogP contribution in [0.15, 0.2) is 0 Å². The van der Waals surface area contributed by atoms with Gasteiger partial charge in [0.05, 0.1) is 12.2 Å². The number of ether oxygens (including phenoxy) is 1. The molecule has 1 N–H and O–H groups in total. The van der Waals surface area contributed by atoms with Gasteiger partial charge < -0.3 is 10.1 Å². The lowest BCUT2D eigenvalue weighted by atomic mass is 10.0. The molecule has 0 saturated carbocycles. The Kier molecular flexibility index (Phi) is 4.52. The van der Waals surface area contributed by atoms with Gasteiger partial charge in [0.25, 0.3) is 0 Å². The third kappa shape index (κ3) is 3.45. The first-order chi connectivity index (χ1) is 7.13. The lowest BCUT2D eigenvalue weighted by Gasteiger charge is -2.36. The van der Waals surface area contributed by atoms with Crippen LogP contribution < -0.4 is 5.32 Å². The third-order valence-electron chi connectivity index (χ3n) is 3.13. The van der Waals surface area contributed by atoms with Gasteiger partial charge in [0.2, 0.25) is 0 Å². The molecule has 4 nitrogen and oxygen atoms in total. The Morgan fingerprint density at radius 2 is 2.40 bits per heavy atom. The molecule has 4 heteroatoms. The van der Waals surface area contributed by atoms with E-state index in [1.165, 1.54) is 0 Å². The number of rotatable bonds is 4. The molecule has 1 saturated heterocycles. The molecule has 1 heterocycles. The van der Waals surface area contributed by atoms with E-state index in [1.807, 2.05) is 14.0 Å². The Balaban J connectivity index is 2.47. The summed E-state index contributed by atoms with van der Waals surface area (Å²) in [5, 5.41) is 12.1. The first-order valence-corrected chi connectivity index (χ1v) is 5.49. The van der Waals surface area contributed by atoms with E-state index in [1.54, 1.807) is 7.11 Å². The molecule has 0 spiro atoms. The van der Waals surface area contributed by atoms with Crippen LogP contribution in [-0.4, -0.2) is 50.3 Å².